The van der Waals surface area contributed by atoms with E-state index in [-0.39, 0.29) is 28.4 Å². The number of halogens is 3. The van der Waals surface area contributed by atoms with Crippen molar-refractivity contribution in [2.24, 2.45) is 0 Å². The van der Waals surface area contributed by atoms with Gasteiger partial charge in [0.1, 0.15) is 27.4 Å². The van der Waals surface area contributed by atoms with Crippen LogP contribution in [0, 0.1) is 0 Å². The van der Waals surface area contributed by atoms with Crippen molar-refractivity contribution in [3.63, 3.8) is 0 Å². The van der Waals surface area contributed by atoms with Gasteiger partial charge in [0.2, 0.25) is 43.1 Å². The van der Waals surface area contributed by atoms with Crippen molar-refractivity contribution in [3.05, 3.63) is 77.3 Å². The molecule has 6 N–H and O–H groups in total. The number of methoxy groups -OCH3 is 2. The molecule has 23 nitrogen and oxygen atoms in total. The van der Waals surface area contributed by atoms with Gasteiger partial charge in [-0.3, -0.25) is 9.59 Å². The molecule has 4 saturated heterocycles. The lowest BCUT2D eigenvalue weighted by Gasteiger charge is -2.37. The van der Waals surface area contributed by atoms with Crippen LogP contribution >= 0.6 is 46.6 Å². The first-order valence-electron chi connectivity index (χ1n) is 25.0. The van der Waals surface area contributed by atoms with Gasteiger partial charge in [0.15, 0.2) is 0 Å². The average molecular weight is 1210 g/mol. The van der Waals surface area contributed by atoms with Crippen molar-refractivity contribution in [1.82, 2.24) is 38.3 Å². The van der Waals surface area contributed by atoms with Gasteiger partial charge >= 0.3 is 0 Å². The zero-order valence-corrected chi connectivity index (χ0v) is 50.2. The van der Waals surface area contributed by atoms with Crippen LogP contribution in [-0.4, -0.2) is 198 Å². The average Bonchev–Trinajstić information content (AvgIpc) is 3.40. The Morgan fingerprint density at radius 2 is 1.19 bits per heavy atom. The Bertz CT molecular complexity index is 3050. The second-order valence-corrected chi connectivity index (χ2v) is 25.9. The Hall–Kier alpha value is -5.42. The van der Waals surface area contributed by atoms with E-state index in [1.807, 2.05) is 12.1 Å². The van der Waals surface area contributed by atoms with Gasteiger partial charge in [-0.2, -0.15) is 13.6 Å². The van der Waals surface area contributed by atoms with Gasteiger partial charge in [0.25, 0.3) is 0 Å². The van der Waals surface area contributed by atoms with Crippen LogP contribution in [0.5, 0.6) is 11.5 Å². The van der Waals surface area contributed by atoms with E-state index in [4.69, 9.17) is 50.0 Å². The number of sulfonamides is 2. The minimum atomic E-state index is -3.20. The Labute approximate surface area is 482 Å². The molecule has 4 fully saturated rings. The predicted molar refractivity (Wildman–Crippen MR) is 318 cm³/mol. The van der Waals surface area contributed by atoms with E-state index in [2.05, 4.69) is 102 Å². The van der Waals surface area contributed by atoms with Crippen LogP contribution in [0.2, 0.25) is 15.3 Å². The number of anilines is 8. The molecule has 0 atom stereocenters. The van der Waals surface area contributed by atoms with Gasteiger partial charge < -0.3 is 56.1 Å². The quantitative estimate of drug-likeness (QED) is 0.0329. The smallest absolute Gasteiger partial charge is 0.247 e. The predicted octanol–water partition coefficient (Wildman–Crippen LogP) is 6.04. The number of thioether (sulfide) groups is 1. The van der Waals surface area contributed by atoms with Crippen molar-refractivity contribution in [3.8, 4) is 11.5 Å². The molecule has 0 aliphatic carbocycles. The van der Waals surface area contributed by atoms with E-state index in [0.29, 0.717) is 99.3 Å². The number of benzene rings is 2. The number of nitrogens with two attached hydrogens (primary N) is 1. The lowest BCUT2D eigenvalue weighted by Crippen LogP contribution is -2.56. The molecule has 2 aromatic carbocycles. The molecule has 0 bridgehead atoms. The van der Waals surface area contributed by atoms with Crippen LogP contribution in [0.15, 0.2) is 67.0 Å². The van der Waals surface area contributed by atoms with E-state index in [9.17, 15) is 26.4 Å². The monoisotopic (exact) mass is 1210 g/mol. The number of piperidine rings is 2. The summed E-state index contributed by atoms with van der Waals surface area (Å²) in [5, 5.41) is 13.4. The maximum Gasteiger partial charge on any atom is 0.247 e. The third-order valence-electron chi connectivity index (χ3n) is 13.5. The Kier molecular flexibility index (Phi) is 22.1. The zero-order valence-electron chi connectivity index (χ0n) is 45.5. The molecule has 432 valence electrons. The maximum atomic E-state index is 12.3. The fraction of sp³-hybridized carbons (Fsp3) is 0.480. The van der Waals surface area contributed by atoms with Crippen LogP contribution in [0.1, 0.15) is 25.7 Å². The summed E-state index contributed by atoms with van der Waals surface area (Å²) >= 11 is 19.3. The molecular weight excluding hydrogens is 1140 g/mol. The minimum Gasteiger partial charge on any atom is -0.495 e. The number of ether oxygens (including phenoxy) is 2. The van der Waals surface area contributed by atoms with E-state index in [0.717, 1.165) is 63.2 Å². The summed E-state index contributed by atoms with van der Waals surface area (Å²) in [5.74, 6) is 1.32. The Morgan fingerprint density at radius 3 is 1.67 bits per heavy atom. The van der Waals surface area contributed by atoms with Gasteiger partial charge in [0.05, 0.1) is 84.3 Å². The zero-order chi connectivity index (χ0) is 57.9. The van der Waals surface area contributed by atoms with E-state index < -0.39 is 20.0 Å². The number of amides is 2. The second kappa shape index (κ2) is 27.8. The van der Waals surface area contributed by atoms with Crippen LogP contribution < -0.4 is 46.3 Å². The highest BCUT2D eigenvalue weighted by Gasteiger charge is 2.36. The Morgan fingerprint density at radius 1 is 0.709 bits per heavy atom. The number of aromatic nitrogens is 4. The molecule has 0 saturated carbocycles. The van der Waals surface area contributed by atoms with Gasteiger partial charge in [0, 0.05) is 81.8 Å². The van der Waals surface area contributed by atoms with Crippen molar-refractivity contribution >= 4 is 124 Å². The fourth-order valence-corrected chi connectivity index (χ4v) is 12.5. The standard InChI is InChI=1S/C25H34ClN7O4S2.C17H26N4O2.C8H10Cl2N4O2S/c1-6-23(34)28-19-11-20(22(37-4)12-21(19)32-9-7-16(8-10-32)31(2)3)29-25-27-13-18(26)24(30-25)38-17-14-33(15-17)39(5,35)36;1-5-17(22)19-14-10-13(18)16(23-4)11-15(14)21-8-6-12(7-9-21)20(2)3;1-17(15,16)14-3-5(4-14)12-7-6(9)2-11-8(10)13-7/h6,11-13,16-17H,1,7-10,14-15H2,2-5H3,(H,28,34)(H,27,29,30);5,10-12H,1,6-9,18H2,2-4H3,(H,19,22);2,5H,3-4H2,1H3,(H,11,12,13). The molecule has 6 heterocycles. The summed E-state index contributed by atoms with van der Waals surface area (Å²) in [4.78, 5) is 49.5. The summed E-state index contributed by atoms with van der Waals surface area (Å²) in [6, 6.07) is 8.43. The van der Waals surface area contributed by atoms with Gasteiger partial charge in [-0.25, -0.2) is 31.8 Å². The largest absolute Gasteiger partial charge is 0.495 e. The van der Waals surface area contributed by atoms with Crippen LogP contribution in [0.4, 0.5) is 45.9 Å². The van der Waals surface area contributed by atoms with Crippen LogP contribution in [-0.2, 0) is 29.6 Å². The molecule has 4 aliphatic heterocycles. The molecule has 2 aromatic heterocycles. The molecular formula is C50H70Cl3N15O8S3. The molecule has 79 heavy (non-hydrogen) atoms. The topological polar surface area (TPSA) is 266 Å². The SMILES string of the molecule is C=CC(=O)Nc1cc(N)c(OC)cc1N1CCC(N(C)C)CC1.C=CC(=O)Nc1cc(Nc2ncc(Cl)c(SC3CN(S(C)(=O)=O)C3)n2)c(OC)cc1N1CCC(N(C)C)CC1.CS(=O)(=O)N1CC(Nc2nc(Cl)ncc2Cl)C1. The van der Waals surface area contributed by atoms with Gasteiger partial charge in [-0.15, -0.1) is 0 Å². The number of hydrogen-bond acceptors (Lipinski definition) is 20. The number of nitrogens with one attached hydrogen (secondary N) is 4. The summed E-state index contributed by atoms with van der Waals surface area (Å²) in [5.41, 5.74) is 10.1. The Balaban J connectivity index is 0.000000212. The first-order valence-corrected chi connectivity index (χ1v) is 30.7. The number of carbonyl (C=O) groups excluding carboxylic acids is 2. The van der Waals surface area contributed by atoms with Crippen molar-refractivity contribution in [2.45, 2.75) is 54.1 Å². The van der Waals surface area contributed by atoms with Gasteiger partial charge in [-0.05, 0) is 89.8 Å². The number of nitrogens with zero attached hydrogens (tertiary/aromatic N) is 10. The first kappa shape index (κ1) is 62.8. The maximum absolute atomic E-state index is 12.3. The third-order valence-corrected chi connectivity index (χ3v) is 18.0. The minimum absolute atomic E-state index is 0.00630. The summed E-state index contributed by atoms with van der Waals surface area (Å²) < 4.78 is 59.5. The number of nitrogen functional groups attached to an aromatic ring is 1. The van der Waals surface area contributed by atoms with E-state index >= 15 is 0 Å². The molecule has 8 rings (SSSR count). The van der Waals surface area contributed by atoms with Gasteiger partial charge in [-0.1, -0.05) is 48.1 Å². The van der Waals surface area contributed by atoms with Crippen LogP contribution in [0.25, 0.3) is 0 Å². The molecule has 0 radical (unpaired) electrons. The molecule has 0 spiro atoms. The highest BCUT2D eigenvalue weighted by atomic mass is 35.5. The first-order chi connectivity index (χ1) is 37.3. The lowest BCUT2D eigenvalue weighted by molar-refractivity contribution is -0.112. The highest BCUT2D eigenvalue weighted by molar-refractivity contribution is 8.00. The number of carbonyl (C=O) groups is 2. The molecule has 0 unspecified atom stereocenters. The molecule has 4 aromatic rings. The van der Waals surface area contributed by atoms with Crippen LogP contribution in [0.3, 0.4) is 0 Å². The van der Waals surface area contributed by atoms with Crippen molar-refractivity contribution < 1.29 is 35.9 Å². The highest BCUT2D eigenvalue weighted by Crippen LogP contribution is 2.41. The molecule has 4 aliphatic rings. The normalized spacial score (nSPS) is 16.8. The molecule has 2 amide bonds. The second-order valence-electron chi connectivity index (χ2n) is 19.5. The summed E-state index contributed by atoms with van der Waals surface area (Å²) in [7, 11) is 5.28. The summed E-state index contributed by atoms with van der Waals surface area (Å²) in [6.45, 7) is 12.2. The van der Waals surface area contributed by atoms with E-state index in [1.54, 1.807) is 26.4 Å². The van der Waals surface area contributed by atoms with Crippen molar-refractivity contribution in [1.29, 1.82) is 0 Å². The molecule has 29 heteroatoms. The fourth-order valence-electron chi connectivity index (χ4n) is 8.89. The third kappa shape index (κ3) is 17.3. The summed E-state index contributed by atoms with van der Waals surface area (Å²) in [6.07, 6.45) is 11.9. The number of hydrogen-bond donors (Lipinski definition) is 5. The number of rotatable bonds is 18. The lowest BCUT2D eigenvalue weighted by atomic mass is 10.0. The van der Waals surface area contributed by atoms with Crippen molar-refractivity contribution in [2.75, 3.05) is 144 Å². The van der Waals surface area contributed by atoms with E-state index in [1.165, 1.54) is 57.4 Å².